The molecule has 0 radical (unpaired) electrons. The van der Waals surface area contributed by atoms with E-state index in [9.17, 15) is 4.39 Å². The molecule has 0 aliphatic heterocycles. The summed E-state index contributed by atoms with van der Waals surface area (Å²) in [6, 6.07) is 10.1. The Bertz CT molecular complexity index is 567. The molecule has 13 heteroatoms. The van der Waals surface area contributed by atoms with E-state index >= 15 is 0 Å². The van der Waals surface area contributed by atoms with E-state index in [0.717, 1.165) is 5.56 Å². The van der Waals surface area contributed by atoms with Crippen molar-refractivity contribution in [1.29, 1.82) is 0 Å². The number of alkyl halides is 1. The fourth-order valence-electron chi connectivity index (χ4n) is 2.60. The predicted octanol–water partition coefficient (Wildman–Crippen LogP) is 0.885. The van der Waals surface area contributed by atoms with Crippen molar-refractivity contribution in [3.8, 4) is 0 Å². The Morgan fingerprint density at radius 3 is 0.976 bits per heavy atom. The summed E-state index contributed by atoms with van der Waals surface area (Å²) in [6.45, 7) is 9.10. The van der Waals surface area contributed by atoms with Gasteiger partial charge in [-0.25, -0.2) is 0 Å². The molecule has 0 saturated heterocycles. The van der Waals surface area contributed by atoms with Gasteiger partial charge in [-0.3, -0.25) is 4.39 Å². The predicted molar refractivity (Wildman–Crippen MR) is 151 cm³/mol. The Morgan fingerprint density at radius 2 is 0.707 bits per heavy atom. The van der Waals surface area contributed by atoms with E-state index in [-0.39, 0.29) is 19.8 Å². The lowest BCUT2D eigenvalue weighted by atomic mass is 10.2. The van der Waals surface area contributed by atoms with E-state index in [1.165, 1.54) is 0 Å². The van der Waals surface area contributed by atoms with Gasteiger partial charge in [0, 0.05) is 0 Å². The van der Waals surface area contributed by atoms with Crippen LogP contribution in [0.2, 0.25) is 0 Å². The molecule has 0 heterocycles. The molecule has 0 amide bonds. The summed E-state index contributed by atoms with van der Waals surface area (Å²) >= 11 is 0. The van der Waals surface area contributed by atoms with E-state index in [1.807, 2.05) is 30.3 Å². The molecule has 0 saturated carbocycles. The van der Waals surface area contributed by atoms with Crippen LogP contribution in [0.1, 0.15) is 6.93 Å². The maximum atomic E-state index is 9.96. The average Bonchev–Trinajstić information content (AvgIpc) is 3.01. The zero-order chi connectivity index (χ0) is 31.0. The number of hydrogen-bond acceptors (Lipinski definition) is 12. The summed E-state index contributed by atoms with van der Waals surface area (Å²) in [4.78, 5) is 0. The summed E-state index contributed by atoms with van der Waals surface area (Å²) in [5.41, 5.74) is 1.16. The van der Waals surface area contributed by atoms with Crippen molar-refractivity contribution >= 4 is 0 Å². The third kappa shape index (κ3) is 38.7. The molecule has 41 heavy (non-hydrogen) atoms. The largest absolute Gasteiger partial charge is 0.394 e. The van der Waals surface area contributed by atoms with Crippen LogP contribution in [0, 0.1) is 0 Å². The third-order valence-corrected chi connectivity index (χ3v) is 4.42. The molecule has 0 aliphatic rings. The number of ether oxygens (including phenoxy) is 9. The van der Waals surface area contributed by atoms with Gasteiger partial charge in [0.25, 0.3) is 0 Å². The van der Waals surface area contributed by atoms with Crippen molar-refractivity contribution in [3.05, 3.63) is 35.9 Å². The van der Waals surface area contributed by atoms with Gasteiger partial charge in [-0.1, -0.05) is 30.3 Å². The van der Waals surface area contributed by atoms with Gasteiger partial charge in [-0.05, 0) is 5.56 Å². The first-order valence-corrected chi connectivity index (χ1v) is 13.7. The third-order valence-electron chi connectivity index (χ3n) is 4.42. The van der Waals surface area contributed by atoms with Crippen molar-refractivity contribution < 1.29 is 63.7 Å². The molecule has 0 unspecified atom stereocenters. The summed E-state index contributed by atoms with van der Waals surface area (Å²) in [5, 5.41) is 25.3. The molecule has 1 aromatic rings. The van der Waals surface area contributed by atoms with Crippen LogP contribution in [0.25, 0.3) is 0 Å². The number of aliphatic hydroxyl groups excluding tert-OH is 3. The molecular weight excluding hydrogens is 547 g/mol. The Kier molecular flexibility index (Phi) is 39.5. The van der Waals surface area contributed by atoms with Crippen LogP contribution in [0.4, 0.5) is 4.39 Å². The summed E-state index contributed by atoms with van der Waals surface area (Å²) < 4.78 is 62.5. The highest BCUT2D eigenvalue weighted by Crippen LogP contribution is 1.99. The fourth-order valence-corrected chi connectivity index (χ4v) is 2.60. The highest BCUT2D eigenvalue weighted by molar-refractivity contribution is 5.13. The maximum Gasteiger partial charge on any atom is 0.0785 e. The standard InChI is InChI=1S/C17H28O6.C10H22O6.CH3F/c18-6-7-19-8-9-20-10-11-21-12-13-22-14-15-23-16-17-4-2-1-3-5-17;11-1-3-13-5-7-15-9-10-16-8-6-14-4-2-12;1-2/h1-5,18H,6-16H2;11-12H,1-10H2;1H3/i;;1D. The lowest BCUT2D eigenvalue weighted by Crippen LogP contribution is -2.13. The molecule has 0 aliphatic carbocycles. The molecule has 0 aromatic heterocycles. The highest BCUT2D eigenvalue weighted by atomic mass is 19.1. The molecule has 0 bridgehead atoms. The number of hydrogen-bond donors (Lipinski definition) is 3. The molecular formula is C28H53FO12. The van der Waals surface area contributed by atoms with Crippen LogP contribution >= 0.6 is 0 Å². The lowest BCUT2D eigenvalue weighted by Gasteiger charge is -2.07. The summed E-state index contributed by atoms with van der Waals surface area (Å²) in [7, 11) is -1.00. The minimum absolute atomic E-state index is 0.0386. The van der Waals surface area contributed by atoms with Crippen LogP contribution in [0.15, 0.2) is 30.3 Å². The highest BCUT2D eigenvalue weighted by Gasteiger charge is 1.95. The summed E-state index contributed by atoms with van der Waals surface area (Å²) in [6.07, 6.45) is 0. The van der Waals surface area contributed by atoms with Gasteiger partial charge in [0.1, 0.15) is 0 Å². The normalized spacial score (nSPS) is 10.9. The van der Waals surface area contributed by atoms with Crippen LogP contribution in [-0.4, -0.2) is 155 Å². The van der Waals surface area contributed by atoms with Crippen molar-refractivity contribution in [3.63, 3.8) is 0 Å². The molecule has 3 N–H and O–H groups in total. The molecule has 1 rings (SSSR count). The van der Waals surface area contributed by atoms with Crippen LogP contribution in [0.5, 0.6) is 0 Å². The second kappa shape index (κ2) is 40.8. The van der Waals surface area contributed by atoms with E-state index in [4.69, 9.17) is 59.3 Å². The van der Waals surface area contributed by atoms with Gasteiger partial charge in [-0.2, -0.15) is 0 Å². The van der Waals surface area contributed by atoms with Crippen LogP contribution in [0.3, 0.4) is 0 Å². The lowest BCUT2D eigenvalue weighted by molar-refractivity contribution is -0.0145. The molecule has 0 fully saturated rings. The summed E-state index contributed by atoms with van der Waals surface area (Å²) in [5.74, 6) is 0. The van der Waals surface area contributed by atoms with Gasteiger partial charge in [-0.15, -0.1) is 0 Å². The Balaban J connectivity index is 0. The van der Waals surface area contributed by atoms with Gasteiger partial charge < -0.3 is 58.0 Å². The minimum Gasteiger partial charge on any atom is -0.394 e. The van der Waals surface area contributed by atoms with Gasteiger partial charge in [0.05, 0.1) is 147 Å². The molecule has 0 spiro atoms. The van der Waals surface area contributed by atoms with E-state index < -0.39 is 7.15 Å². The van der Waals surface area contributed by atoms with E-state index in [2.05, 4.69) is 0 Å². The van der Waals surface area contributed by atoms with E-state index in [1.54, 1.807) is 0 Å². The number of benzene rings is 1. The van der Waals surface area contributed by atoms with E-state index in [0.29, 0.717) is 119 Å². The SMILES string of the molecule is OCCOCCOCCOCCOCCO.OCCOCCOCCOCCOCCOCc1ccccc1.[2H]CF. The zero-order valence-electron chi connectivity index (χ0n) is 25.3. The van der Waals surface area contributed by atoms with Crippen molar-refractivity contribution in [2.24, 2.45) is 0 Å². The Hall–Kier alpha value is -1.33. The molecule has 0 atom stereocenters. The fraction of sp³-hybridized carbons (Fsp3) is 0.786. The number of aliphatic hydroxyl groups is 3. The van der Waals surface area contributed by atoms with Crippen molar-refractivity contribution in [1.82, 2.24) is 0 Å². The zero-order valence-corrected chi connectivity index (χ0v) is 24.3. The second-order valence-electron chi connectivity index (χ2n) is 7.61. The average molecular weight is 602 g/mol. The first-order chi connectivity index (χ1) is 20.8. The topological polar surface area (TPSA) is 144 Å². The maximum absolute atomic E-state index is 9.96. The second-order valence-corrected chi connectivity index (χ2v) is 7.61. The number of rotatable bonds is 29. The first kappa shape index (κ1) is 39.7. The van der Waals surface area contributed by atoms with Crippen molar-refractivity contribution in [2.75, 3.05) is 139 Å². The van der Waals surface area contributed by atoms with Crippen LogP contribution < -0.4 is 0 Å². The van der Waals surface area contributed by atoms with Crippen LogP contribution in [-0.2, 0) is 49.2 Å². The Labute approximate surface area is 245 Å². The monoisotopic (exact) mass is 601 g/mol. The smallest absolute Gasteiger partial charge is 0.0785 e. The van der Waals surface area contributed by atoms with Gasteiger partial charge >= 0.3 is 0 Å². The molecule has 244 valence electrons. The molecule has 1 aromatic carbocycles. The number of halogens is 1. The van der Waals surface area contributed by atoms with Gasteiger partial charge in [0.2, 0.25) is 0 Å². The quantitative estimate of drug-likeness (QED) is 0.112. The van der Waals surface area contributed by atoms with Crippen molar-refractivity contribution in [2.45, 2.75) is 6.61 Å². The Morgan fingerprint density at radius 1 is 0.463 bits per heavy atom. The van der Waals surface area contributed by atoms with Gasteiger partial charge in [0.15, 0.2) is 0 Å². The molecule has 12 nitrogen and oxygen atoms in total. The first-order valence-electron chi connectivity index (χ1n) is 14.4. The minimum atomic E-state index is -1.00.